The molecule has 118 valence electrons. The summed E-state index contributed by atoms with van der Waals surface area (Å²) < 4.78 is 3.65. The molecule has 0 radical (unpaired) electrons. The molecule has 24 heavy (non-hydrogen) atoms. The van der Waals surface area contributed by atoms with Crippen LogP contribution in [-0.4, -0.2) is 14.8 Å². The van der Waals surface area contributed by atoms with Crippen LogP contribution in [0.5, 0.6) is 0 Å². The van der Waals surface area contributed by atoms with Crippen LogP contribution in [0.25, 0.3) is 27.3 Å². The Morgan fingerprint density at radius 3 is 2.29 bits per heavy atom. The molecule has 5 rings (SSSR count). The molecule has 2 heterocycles. The van der Waals surface area contributed by atoms with Crippen LogP contribution in [-0.2, 0) is 7.05 Å². The highest BCUT2D eigenvalue weighted by Gasteiger charge is 2.34. The van der Waals surface area contributed by atoms with Crippen molar-refractivity contribution in [2.45, 2.75) is 12.8 Å². The fourth-order valence-electron chi connectivity index (χ4n) is 3.70. The number of benzene rings is 2. The van der Waals surface area contributed by atoms with E-state index in [1.54, 1.807) is 11.6 Å². The summed E-state index contributed by atoms with van der Waals surface area (Å²) in [4.78, 5) is 25.8. The van der Waals surface area contributed by atoms with Crippen LogP contribution >= 0.6 is 0 Å². The number of carbonyl (C=O) groups is 1. The zero-order valence-electron chi connectivity index (χ0n) is 13.3. The number of para-hydroxylation sites is 1. The SMILES string of the molecule is Cn1c(=O)c2ccccc2n2c(C(=O)C3CC3)c3ccccc3c12. The first-order chi connectivity index (χ1) is 11.7. The summed E-state index contributed by atoms with van der Waals surface area (Å²) in [6.07, 6.45) is 1.92. The summed E-state index contributed by atoms with van der Waals surface area (Å²) in [5.74, 6) is 0.317. The van der Waals surface area contributed by atoms with E-state index in [4.69, 9.17) is 0 Å². The lowest BCUT2D eigenvalue weighted by Gasteiger charge is -2.10. The second-order valence-corrected chi connectivity index (χ2v) is 6.57. The molecule has 1 aliphatic carbocycles. The van der Waals surface area contributed by atoms with Crippen LogP contribution in [0, 0.1) is 5.92 Å². The van der Waals surface area contributed by atoms with Crippen LogP contribution in [0.4, 0.5) is 0 Å². The number of hydrogen-bond acceptors (Lipinski definition) is 2. The number of hydrogen-bond donors (Lipinski definition) is 0. The highest BCUT2D eigenvalue weighted by atomic mass is 16.1. The van der Waals surface area contributed by atoms with Gasteiger partial charge in [0, 0.05) is 23.7 Å². The number of fused-ring (bicyclic) bond motifs is 5. The Labute approximate surface area is 137 Å². The van der Waals surface area contributed by atoms with E-state index in [0.717, 1.165) is 40.5 Å². The van der Waals surface area contributed by atoms with E-state index in [1.807, 2.05) is 52.9 Å². The van der Waals surface area contributed by atoms with Crippen molar-refractivity contribution < 1.29 is 4.79 Å². The summed E-state index contributed by atoms with van der Waals surface area (Å²) in [6.45, 7) is 0. The molecule has 0 unspecified atom stereocenters. The molecule has 0 aliphatic heterocycles. The predicted molar refractivity (Wildman–Crippen MR) is 94.7 cm³/mol. The lowest BCUT2D eigenvalue weighted by Crippen LogP contribution is -2.20. The highest BCUT2D eigenvalue weighted by Crippen LogP contribution is 2.37. The van der Waals surface area contributed by atoms with E-state index < -0.39 is 0 Å². The third kappa shape index (κ3) is 1.63. The maximum atomic E-state index is 13.0. The largest absolute Gasteiger partial charge is 0.296 e. The Hall–Kier alpha value is -2.88. The van der Waals surface area contributed by atoms with Gasteiger partial charge in [-0.3, -0.25) is 18.6 Å². The van der Waals surface area contributed by atoms with Gasteiger partial charge >= 0.3 is 0 Å². The zero-order valence-corrected chi connectivity index (χ0v) is 13.3. The van der Waals surface area contributed by atoms with E-state index in [2.05, 4.69) is 0 Å². The molecule has 0 atom stereocenters. The van der Waals surface area contributed by atoms with E-state index >= 15 is 0 Å². The molecule has 2 aromatic carbocycles. The summed E-state index contributed by atoms with van der Waals surface area (Å²) in [7, 11) is 1.78. The molecule has 4 nitrogen and oxygen atoms in total. The van der Waals surface area contributed by atoms with E-state index in [1.165, 1.54) is 0 Å². The lowest BCUT2D eigenvalue weighted by atomic mass is 10.1. The van der Waals surface area contributed by atoms with E-state index in [-0.39, 0.29) is 17.3 Å². The summed E-state index contributed by atoms with van der Waals surface area (Å²) >= 11 is 0. The first-order valence-electron chi connectivity index (χ1n) is 8.23. The first-order valence-corrected chi connectivity index (χ1v) is 8.23. The van der Waals surface area contributed by atoms with Gasteiger partial charge in [0.25, 0.3) is 5.56 Å². The number of aromatic nitrogens is 2. The monoisotopic (exact) mass is 316 g/mol. The maximum Gasteiger partial charge on any atom is 0.261 e. The Morgan fingerprint density at radius 2 is 1.58 bits per heavy atom. The Balaban J connectivity index is 2.13. The smallest absolute Gasteiger partial charge is 0.261 e. The van der Waals surface area contributed by atoms with Crippen LogP contribution in [0.2, 0.25) is 0 Å². The molecular weight excluding hydrogens is 300 g/mol. The molecule has 1 fully saturated rings. The Bertz CT molecular complexity index is 1210. The lowest BCUT2D eigenvalue weighted by molar-refractivity contribution is 0.0964. The van der Waals surface area contributed by atoms with Gasteiger partial charge in [-0.15, -0.1) is 0 Å². The third-order valence-corrected chi connectivity index (χ3v) is 5.04. The minimum absolute atomic E-state index is 0.0354. The number of carbonyl (C=O) groups excluding carboxylic acids is 1. The van der Waals surface area contributed by atoms with Gasteiger partial charge in [-0.2, -0.15) is 0 Å². The molecule has 4 aromatic rings. The van der Waals surface area contributed by atoms with Gasteiger partial charge in [0.05, 0.1) is 16.6 Å². The van der Waals surface area contributed by atoms with Crippen molar-refractivity contribution in [3.8, 4) is 0 Å². The Kier molecular flexibility index (Phi) is 2.58. The molecule has 0 amide bonds. The number of ketones is 1. The Morgan fingerprint density at radius 1 is 0.958 bits per heavy atom. The number of Topliss-reactive ketones (excluding diaryl/α,β-unsaturated/α-hetero) is 1. The van der Waals surface area contributed by atoms with Crippen LogP contribution < -0.4 is 5.56 Å². The molecule has 0 spiro atoms. The molecular formula is C20H16N2O2. The third-order valence-electron chi connectivity index (χ3n) is 5.04. The maximum absolute atomic E-state index is 13.0. The number of aryl methyl sites for hydroxylation is 1. The fourth-order valence-corrected chi connectivity index (χ4v) is 3.70. The van der Waals surface area contributed by atoms with Gasteiger partial charge in [0.1, 0.15) is 5.65 Å². The van der Waals surface area contributed by atoms with Crippen molar-refractivity contribution in [2.75, 3.05) is 0 Å². The average Bonchev–Trinajstić information content (AvgIpc) is 3.40. The minimum Gasteiger partial charge on any atom is -0.296 e. The highest BCUT2D eigenvalue weighted by molar-refractivity contribution is 6.15. The normalized spacial score (nSPS) is 14.7. The van der Waals surface area contributed by atoms with Crippen molar-refractivity contribution in [1.29, 1.82) is 0 Å². The number of rotatable bonds is 2. The number of nitrogens with zero attached hydrogens (tertiary/aromatic N) is 2. The fraction of sp³-hybridized carbons (Fsp3) is 0.200. The molecule has 0 N–H and O–H groups in total. The van der Waals surface area contributed by atoms with Gasteiger partial charge in [-0.25, -0.2) is 0 Å². The van der Waals surface area contributed by atoms with Crippen molar-refractivity contribution in [3.05, 3.63) is 64.6 Å². The van der Waals surface area contributed by atoms with E-state index in [9.17, 15) is 9.59 Å². The van der Waals surface area contributed by atoms with Gasteiger partial charge in [0.2, 0.25) is 0 Å². The van der Waals surface area contributed by atoms with Crippen molar-refractivity contribution in [1.82, 2.24) is 8.97 Å². The van der Waals surface area contributed by atoms with E-state index in [0.29, 0.717) is 5.39 Å². The van der Waals surface area contributed by atoms with Gasteiger partial charge in [0.15, 0.2) is 5.78 Å². The standard InChI is InChI=1S/C20H16N2O2/c1-21-19-14-7-3-2-6-13(14)17(18(23)12-10-11-12)22(19)16-9-5-4-8-15(16)20(21)24/h2-9,12H,10-11H2,1H3. The summed E-state index contributed by atoms with van der Waals surface area (Å²) in [5.41, 5.74) is 2.27. The second-order valence-electron chi connectivity index (χ2n) is 6.57. The molecule has 4 heteroatoms. The van der Waals surface area contributed by atoms with Crippen molar-refractivity contribution in [3.63, 3.8) is 0 Å². The van der Waals surface area contributed by atoms with Gasteiger partial charge in [-0.05, 0) is 25.0 Å². The molecule has 1 aliphatic rings. The summed E-state index contributed by atoms with van der Waals surface area (Å²) in [5, 5.41) is 2.52. The first kappa shape index (κ1) is 13.5. The van der Waals surface area contributed by atoms with Gasteiger partial charge in [-0.1, -0.05) is 36.4 Å². The second kappa shape index (κ2) is 4.57. The van der Waals surface area contributed by atoms with Gasteiger partial charge < -0.3 is 0 Å². The van der Waals surface area contributed by atoms with Crippen LogP contribution in [0.1, 0.15) is 23.3 Å². The average molecular weight is 316 g/mol. The summed E-state index contributed by atoms with van der Waals surface area (Å²) in [6, 6.07) is 15.4. The van der Waals surface area contributed by atoms with Crippen LogP contribution in [0.15, 0.2) is 53.3 Å². The predicted octanol–water partition coefficient (Wildman–Crippen LogP) is 3.54. The molecule has 0 saturated heterocycles. The zero-order chi connectivity index (χ0) is 16.4. The molecule has 0 bridgehead atoms. The van der Waals surface area contributed by atoms with Crippen molar-refractivity contribution >= 4 is 33.1 Å². The minimum atomic E-state index is -0.0354. The van der Waals surface area contributed by atoms with Crippen LogP contribution in [0.3, 0.4) is 0 Å². The molecule has 2 aromatic heterocycles. The quantitative estimate of drug-likeness (QED) is 0.531. The van der Waals surface area contributed by atoms with Crippen molar-refractivity contribution in [2.24, 2.45) is 13.0 Å². The topological polar surface area (TPSA) is 43.5 Å². The molecule has 1 saturated carbocycles.